The van der Waals surface area contributed by atoms with Crippen molar-refractivity contribution in [3.05, 3.63) is 71.4 Å². The molecule has 6 nitrogen and oxygen atoms in total. The van der Waals surface area contributed by atoms with Gasteiger partial charge in [0.15, 0.2) is 0 Å². The van der Waals surface area contributed by atoms with Crippen LogP contribution in [0.4, 0.5) is 8.78 Å². The lowest BCUT2D eigenvalue weighted by Gasteiger charge is -2.03. The van der Waals surface area contributed by atoms with E-state index in [1.54, 1.807) is 0 Å². The first-order valence-corrected chi connectivity index (χ1v) is 6.99. The number of nitrogens with zero attached hydrogens (tertiary/aromatic N) is 2. The van der Waals surface area contributed by atoms with Crippen molar-refractivity contribution in [2.75, 3.05) is 0 Å². The number of aromatic carboxylic acids is 2. The maximum Gasteiger partial charge on any atom is 0.339 e. The second kappa shape index (κ2) is 6.16. The molecule has 0 bridgehead atoms. The minimum atomic E-state index is -1.33. The molecule has 0 unspecified atom stereocenters. The molecule has 0 saturated carbocycles. The summed E-state index contributed by atoms with van der Waals surface area (Å²) in [5.41, 5.74) is -0.139. The molecule has 0 aliphatic carbocycles. The van der Waals surface area contributed by atoms with Crippen LogP contribution < -0.4 is 0 Å². The normalized spacial score (nSPS) is 10.6. The number of benzene rings is 2. The molecule has 3 aromatic rings. The number of carboxylic acids is 2. The van der Waals surface area contributed by atoms with Gasteiger partial charge in [-0.1, -0.05) is 0 Å². The maximum absolute atomic E-state index is 14.0. The zero-order chi connectivity index (χ0) is 18.1. The number of rotatable bonds is 4. The Morgan fingerprint density at radius 1 is 0.960 bits per heavy atom. The third-order valence-electron chi connectivity index (χ3n) is 3.51. The Labute approximate surface area is 139 Å². The Hall–Kier alpha value is -3.55. The van der Waals surface area contributed by atoms with Gasteiger partial charge in [0.2, 0.25) is 0 Å². The summed E-state index contributed by atoms with van der Waals surface area (Å²) < 4.78 is 28.2. The van der Waals surface area contributed by atoms with Crippen LogP contribution in [0.15, 0.2) is 48.7 Å². The Balaban J connectivity index is 2.11. The number of hydrogen-bond donors (Lipinski definition) is 2. The van der Waals surface area contributed by atoms with Crippen molar-refractivity contribution < 1.29 is 28.6 Å². The molecule has 0 fully saturated rings. The first kappa shape index (κ1) is 16.3. The summed E-state index contributed by atoms with van der Waals surface area (Å²) in [4.78, 5) is 22.3. The van der Waals surface area contributed by atoms with E-state index in [1.807, 2.05) is 0 Å². The quantitative estimate of drug-likeness (QED) is 0.758. The van der Waals surface area contributed by atoms with Crippen LogP contribution >= 0.6 is 0 Å². The largest absolute Gasteiger partial charge is 0.478 e. The first-order valence-electron chi connectivity index (χ1n) is 6.99. The van der Waals surface area contributed by atoms with E-state index in [0.717, 1.165) is 12.1 Å². The van der Waals surface area contributed by atoms with E-state index in [9.17, 15) is 23.5 Å². The van der Waals surface area contributed by atoms with Gasteiger partial charge in [0.05, 0.1) is 11.3 Å². The fraction of sp³-hybridized carbons (Fsp3) is 0. The Morgan fingerprint density at radius 2 is 1.64 bits per heavy atom. The third-order valence-corrected chi connectivity index (χ3v) is 3.51. The molecule has 2 N–H and O–H groups in total. The highest BCUT2D eigenvalue weighted by Gasteiger charge is 2.20. The van der Waals surface area contributed by atoms with Crippen LogP contribution in [-0.2, 0) is 0 Å². The number of hydrogen-bond acceptors (Lipinski definition) is 3. The second-order valence-electron chi connectivity index (χ2n) is 5.12. The molecule has 1 aromatic heterocycles. The topological polar surface area (TPSA) is 92.4 Å². The summed E-state index contributed by atoms with van der Waals surface area (Å²) in [6, 6.07) is 8.29. The van der Waals surface area contributed by atoms with E-state index in [1.165, 1.54) is 35.1 Å². The highest BCUT2D eigenvalue weighted by molar-refractivity contribution is 5.95. The predicted octanol–water partition coefficient (Wildman–Crippen LogP) is 3.21. The average molecular weight is 344 g/mol. The zero-order valence-corrected chi connectivity index (χ0v) is 12.5. The van der Waals surface area contributed by atoms with Crippen molar-refractivity contribution in [3.63, 3.8) is 0 Å². The number of halogens is 2. The Kier molecular flexibility index (Phi) is 4.02. The number of aromatic nitrogens is 2. The van der Waals surface area contributed by atoms with Gasteiger partial charge < -0.3 is 10.2 Å². The van der Waals surface area contributed by atoms with Crippen LogP contribution in [0.5, 0.6) is 0 Å². The second-order valence-corrected chi connectivity index (χ2v) is 5.12. The van der Waals surface area contributed by atoms with Gasteiger partial charge in [0.1, 0.15) is 22.9 Å². The molecule has 8 heteroatoms. The fourth-order valence-corrected chi connectivity index (χ4v) is 2.30. The van der Waals surface area contributed by atoms with Crippen LogP contribution in [0.3, 0.4) is 0 Å². The molecule has 126 valence electrons. The molecule has 0 saturated heterocycles. The molecule has 1 heterocycles. The summed E-state index contributed by atoms with van der Waals surface area (Å²) in [6.07, 6.45) is 1.18. The minimum absolute atomic E-state index is 0.0548. The smallest absolute Gasteiger partial charge is 0.339 e. The minimum Gasteiger partial charge on any atom is -0.478 e. The zero-order valence-electron chi connectivity index (χ0n) is 12.5. The molecule has 0 spiro atoms. The van der Waals surface area contributed by atoms with Gasteiger partial charge in [-0.3, -0.25) is 0 Å². The monoisotopic (exact) mass is 344 g/mol. The molecule has 25 heavy (non-hydrogen) atoms. The number of carbonyl (C=O) groups is 2. The molecule has 0 radical (unpaired) electrons. The van der Waals surface area contributed by atoms with Gasteiger partial charge in [-0.05, 0) is 36.4 Å². The summed E-state index contributed by atoms with van der Waals surface area (Å²) in [5, 5.41) is 22.3. The number of carboxylic acid groups (broad SMARTS) is 2. The van der Waals surface area contributed by atoms with Crippen LogP contribution in [-0.4, -0.2) is 31.9 Å². The third kappa shape index (κ3) is 3.09. The fourth-order valence-electron chi connectivity index (χ4n) is 2.30. The van der Waals surface area contributed by atoms with Gasteiger partial charge in [0.25, 0.3) is 0 Å². The molecule has 0 aliphatic heterocycles. The van der Waals surface area contributed by atoms with Gasteiger partial charge in [-0.15, -0.1) is 0 Å². The van der Waals surface area contributed by atoms with Crippen LogP contribution in [0.2, 0.25) is 0 Å². The molecular formula is C17H10F2N2O4. The lowest BCUT2D eigenvalue weighted by molar-refractivity contribution is 0.0686. The van der Waals surface area contributed by atoms with Crippen molar-refractivity contribution >= 4 is 11.9 Å². The van der Waals surface area contributed by atoms with Gasteiger partial charge in [-0.2, -0.15) is 5.10 Å². The summed E-state index contributed by atoms with van der Waals surface area (Å²) in [7, 11) is 0. The highest BCUT2D eigenvalue weighted by atomic mass is 19.1. The van der Waals surface area contributed by atoms with Crippen molar-refractivity contribution in [3.8, 4) is 16.9 Å². The standard InChI is InChI=1S/C17H10F2N2O4/c18-10-3-6-12(14(19)7-10)15-13(17(24)25)8-21(20-15)11-4-1-9(2-5-11)16(22)23/h1-8H,(H,22,23)(H,24,25). The molecular weight excluding hydrogens is 334 g/mol. The van der Waals surface area contributed by atoms with Crippen molar-refractivity contribution in [2.24, 2.45) is 0 Å². The lowest BCUT2D eigenvalue weighted by Crippen LogP contribution is -1.99. The molecule has 0 aliphatic rings. The average Bonchev–Trinajstić information content (AvgIpc) is 3.00. The highest BCUT2D eigenvalue weighted by Crippen LogP contribution is 2.27. The summed E-state index contributed by atoms with van der Waals surface area (Å²) in [6.45, 7) is 0. The lowest BCUT2D eigenvalue weighted by atomic mass is 10.1. The molecule has 2 aromatic carbocycles. The van der Waals surface area contributed by atoms with Crippen LogP contribution in [0, 0.1) is 11.6 Å². The van der Waals surface area contributed by atoms with E-state index in [2.05, 4.69) is 5.10 Å². The Morgan fingerprint density at radius 3 is 2.20 bits per heavy atom. The van der Waals surface area contributed by atoms with E-state index in [-0.39, 0.29) is 22.4 Å². The maximum atomic E-state index is 14.0. The van der Waals surface area contributed by atoms with Crippen LogP contribution in [0.1, 0.15) is 20.7 Å². The molecule has 0 atom stereocenters. The van der Waals surface area contributed by atoms with Crippen LogP contribution in [0.25, 0.3) is 16.9 Å². The van der Waals surface area contributed by atoms with Crippen molar-refractivity contribution in [2.45, 2.75) is 0 Å². The summed E-state index contributed by atoms with van der Waals surface area (Å²) in [5.74, 6) is -4.16. The SMILES string of the molecule is O=C(O)c1ccc(-n2cc(C(=O)O)c(-c3ccc(F)cc3F)n2)cc1. The van der Waals surface area contributed by atoms with Gasteiger partial charge in [-0.25, -0.2) is 23.1 Å². The molecule has 3 rings (SSSR count). The van der Waals surface area contributed by atoms with E-state index in [4.69, 9.17) is 5.11 Å². The Bertz CT molecular complexity index is 981. The predicted molar refractivity (Wildman–Crippen MR) is 82.8 cm³/mol. The van der Waals surface area contributed by atoms with E-state index in [0.29, 0.717) is 11.8 Å². The van der Waals surface area contributed by atoms with E-state index < -0.39 is 23.6 Å². The first-order chi connectivity index (χ1) is 11.9. The van der Waals surface area contributed by atoms with E-state index >= 15 is 0 Å². The molecule has 0 amide bonds. The van der Waals surface area contributed by atoms with Crippen molar-refractivity contribution in [1.29, 1.82) is 0 Å². The van der Waals surface area contributed by atoms with Gasteiger partial charge >= 0.3 is 11.9 Å². The van der Waals surface area contributed by atoms with Gasteiger partial charge in [0, 0.05) is 17.8 Å². The summed E-state index contributed by atoms with van der Waals surface area (Å²) >= 11 is 0. The van der Waals surface area contributed by atoms with Crippen molar-refractivity contribution in [1.82, 2.24) is 9.78 Å².